The van der Waals surface area contributed by atoms with Crippen molar-refractivity contribution in [2.24, 2.45) is 0 Å². The summed E-state index contributed by atoms with van der Waals surface area (Å²) >= 11 is 0. The number of benzene rings is 2. The number of aromatic nitrogens is 2. The summed E-state index contributed by atoms with van der Waals surface area (Å²) in [5, 5.41) is 12.5. The Morgan fingerprint density at radius 3 is 2.52 bits per heavy atom. The first kappa shape index (κ1) is 18.2. The summed E-state index contributed by atoms with van der Waals surface area (Å²) < 4.78 is 20.9. The molecular formula is C22H15FN2O4. The summed E-state index contributed by atoms with van der Waals surface area (Å²) in [4.78, 5) is 23.8. The predicted octanol–water partition coefficient (Wildman–Crippen LogP) is 2.50. The van der Waals surface area contributed by atoms with E-state index in [2.05, 4.69) is 11.7 Å². The highest BCUT2D eigenvalue weighted by atomic mass is 19.1. The van der Waals surface area contributed by atoms with Crippen LogP contribution in [-0.4, -0.2) is 20.9 Å². The van der Waals surface area contributed by atoms with Gasteiger partial charge in [0.1, 0.15) is 17.3 Å². The molecule has 2 aromatic heterocycles. The van der Waals surface area contributed by atoms with Gasteiger partial charge in [-0.25, -0.2) is 13.9 Å². The van der Waals surface area contributed by atoms with E-state index < -0.39 is 11.8 Å². The van der Waals surface area contributed by atoms with Gasteiger partial charge in [-0.2, -0.15) is 0 Å². The molecule has 4 rings (SSSR count). The van der Waals surface area contributed by atoms with E-state index in [9.17, 15) is 14.0 Å². The van der Waals surface area contributed by atoms with Crippen LogP contribution in [-0.2, 0) is 0 Å². The Labute approximate surface area is 163 Å². The van der Waals surface area contributed by atoms with E-state index in [1.807, 2.05) is 0 Å². The number of hydrogen-bond acceptors (Lipinski definition) is 3. The fraction of sp³-hybridized carbons (Fsp3) is 0. The van der Waals surface area contributed by atoms with Crippen LogP contribution < -0.4 is 16.1 Å². The third kappa shape index (κ3) is 3.41. The number of rotatable bonds is 4. The maximum Gasteiger partial charge on any atom is 0.335 e. The number of furan rings is 1. The molecule has 2 heterocycles. The topological polar surface area (TPSA) is 88.2 Å². The fourth-order valence-electron chi connectivity index (χ4n) is 2.96. The number of nitrogens with zero attached hydrogens (tertiary/aromatic N) is 1. The summed E-state index contributed by atoms with van der Waals surface area (Å²) in [6, 6.07) is 15.4. The molecule has 0 fully saturated rings. The van der Waals surface area contributed by atoms with Gasteiger partial charge in [0.05, 0.1) is 27.4 Å². The van der Waals surface area contributed by atoms with E-state index >= 15 is 0 Å². The van der Waals surface area contributed by atoms with Gasteiger partial charge in [0.15, 0.2) is 0 Å². The monoisotopic (exact) mass is 390 g/mol. The molecule has 0 aliphatic rings. The van der Waals surface area contributed by atoms with Gasteiger partial charge in [-0.05, 0) is 54.6 Å². The SMILES string of the molecule is C=c1[nH]n(-c2ccc(C(=O)O)cc2)c(=O)/c1=C\c1ccc(-c2ccccc2F)o1. The Morgan fingerprint density at radius 1 is 1.10 bits per heavy atom. The number of nitrogens with one attached hydrogen (secondary N) is 1. The van der Waals surface area contributed by atoms with Gasteiger partial charge >= 0.3 is 5.97 Å². The molecule has 29 heavy (non-hydrogen) atoms. The van der Waals surface area contributed by atoms with E-state index in [0.29, 0.717) is 28.1 Å². The quantitative estimate of drug-likeness (QED) is 0.560. The van der Waals surface area contributed by atoms with Gasteiger partial charge in [0, 0.05) is 0 Å². The molecular weight excluding hydrogens is 375 g/mol. The van der Waals surface area contributed by atoms with Crippen molar-refractivity contribution in [2.45, 2.75) is 0 Å². The van der Waals surface area contributed by atoms with Gasteiger partial charge in [0.25, 0.3) is 5.56 Å². The van der Waals surface area contributed by atoms with Gasteiger partial charge in [-0.1, -0.05) is 18.7 Å². The number of carboxylic acid groups (broad SMARTS) is 1. The maximum absolute atomic E-state index is 13.9. The first-order valence-corrected chi connectivity index (χ1v) is 8.64. The number of halogens is 1. The van der Waals surface area contributed by atoms with Crippen LogP contribution in [0.3, 0.4) is 0 Å². The largest absolute Gasteiger partial charge is 0.478 e. The lowest BCUT2D eigenvalue weighted by atomic mass is 10.1. The molecule has 6 nitrogen and oxygen atoms in total. The minimum atomic E-state index is -1.05. The summed E-state index contributed by atoms with van der Waals surface area (Å²) in [5.74, 6) is -0.733. The number of carbonyl (C=O) groups is 1. The normalized spacial score (nSPS) is 11.7. The zero-order chi connectivity index (χ0) is 20.5. The fourth-order valence-corrected chi connectivity index (χ4v) is 2.96. The van der Waals surface area contributed by atoms with E-state index in [-0.39, 0.29) is 16.3 Å². The van der Waals surface area contributed by atoms with Crippen LogP contribution in [0.5, 0.6) is 0 Å². The molecule has 7 heteroatoms. The van der Waals surface area contributed by atoms with Crippen LogP contribution in [0.2, 0.25) is 0 Å². The molecule has 0 spiro atoms. The van der Waals surface area contributed by atoms with Crippen LogP contribution in [0, 0.1) is 5.82 Å². The molecule has 2 N–H and O–H groups in total. The van der Waals surface area contributed by atoms with Crippen molar-refractivity contribution >= 4 is 18.6 Å². The van der Waals surface area contributed by atoms with Crippen molar-refractivity contribution < 1.29 is 18.7 Å². The molecule has 2 aromatic carbocycles. The van der Waals surface area contributed by atoms with Crippen LogP contribution >= 0.6 is 0 Å². The Balaban J connectivity index is 1.75. The van der Waals surface area contributed by atoms with E-state index in [1.165, 1.54) is 41.1 Å². The third-order valence-electron chi connectivity index (χ3n) is 4.43. The summed E-state index contributed by atoms with van der Waals surface area (Å²) in [6.07, 6.45) is 1.52. The average molecular weight is 390 g/mol. The molecule has 0 atom stereocenters. The van der Waals surface area contributed by atoms with Gasteiger partial charge < -0.3 is 9.52 Å². The van der Waals surface area contributed by atoms with Crippen LogP contribution in [0.4, 0.5) is 4.39 Å². The van der Waals surface area contributed by atoms with Gasteiger partial charge in [-0.3, -0.25) is 9.89 Å². The van der Waals surface area contributed by atoms with Crippen molar-refractivity contribution in [1.29, 1.82) is 0 Å². The Hall–Kier alpha value is -4.13. The second kappa shape index (κ2) is 7.12. The highest BCUT2D eigenvalue weighted by molar-refractivity contribution is 5.87. The zero-order valence-electron chi connectivity index (χ0n) is 15.1. The smallest absolute Gasteiger partial charge is 0.335 e. The summed E-state index contributed by atoms with van der Waals surface area (Å²) in [5.41, 5.74) is 0.538. The lowest BCUT2D eigenvalue weighted by Crippen LogP contribution is -2.33. The number of hydrogen-bond donors (Lipinski definition) is 2. The van der Waals surface area contributed by atoms with Crippen molar-refractivity contribution in [3.05, 3.63) is 98.7 Å². The van der Waals surface area contributed by atoms with Crippen LogP contribution in [0.1, 0.15) is 16.1 Å². The Morgan fingerprint density at radius 2 is 1.83 bits per heavy atom. The zero-order valence-corrected chi connectivity index (χ0v) is 15.1. The molecule has 0 unspecified atom stereocenters. The van der Waals surface area contributed by atoms with Crippen LogP contribution in [0.25, 0.3) is 29.7 Å². The average Bonchev–Trinajstić information content (AvgIpc) is 3.28. The molecule has 0 saturated heterocycles. The lowest BCUT2D eigenvalue weighted by molar-refractivity contribution is 0.0697. The lowest BCUT2D eigenvalue weighted by Gasteiger charge is -2.01. The molecule has 0 aliphatic carbocycles. The summed E-state index contributed by atoms with van der Waals surface area (Å²) in [6.45, 7) is 3.85. The number of carboxylic acids is 1. The molecule has 0 radical (unpaired) electrons. The molecule has 144 valence electrons. The maximum atomic E-state index is 13.9. The van der Waals surface area contributed by atoms with E-state index in [4.69, 9.17) is 9.52 Å². The minimum absolute atomic E-state index is 0.117. The van der Waals surface area contributed by atoms with Crippen molar-refractivity contribution in [2.75, 3.05) is 0 Å². The van der Waals surface area contributed by atoms with Gasteiger partial charge in [-0.15, -0.1) is 0 Å². The Kier molecular flexibility index (Phi) is 4.48. The predicted molar refractivity (Wildman–Crippen MR) is 106 cm³/mol. The number of aromatic amines is 1. The highest BCUT2D eigenvalue weighted by Gasteiger charge is 2.10. The Bertz CT molecular complexity index is 1380. The second-order valence-corrected chi connectivity index (χ2v) is 6.32. The number of H-pyrrole nitrogens is 1. The van der Waals surface area contributed by atoms with Gasteiger partial charge in [0.2, 0.25) is 0 Å². The minimum Gasteiger partial charge on any atom is -0.478 e. The molecule has 0 bridgehead atoms. The first-order valence-electron chi connectivity index (χ1n) is 8.64. The molecule has 0 saturated carbocycles. The van der Waals surface area contributed by atoms with E-state index in [1.54, 1.807) is 30.3 Å². The molecule has 4 aromatic rings. The number of aromatic carboxylic acids is 1. The van der Waals surface area contributed by atoms with Crippen LogP contribution in [0.15, 0.2) is 69.9 Å². The van der Waals surface area contributed by atoms with Crippen molar-refractivity contribution in [1.82, 2.24) is 9.78 Å². The second-order valence-electron chi connectivity index (χ2n) is 6.32. The summed E-state index contributed by atoms with van der Waals surface area (Å²) in [7, 11) is 0. The van der Waals surface area contributed by atoms with E-state index in [0.717, 1.165) is 0 Å². The van der Waals surface area contributed by atoms with Crippen molar-refractivity contribution in [3.8, 4) is 17.0 Å². The standard InChI is InChI=1S/C22H15FN2O4/c1-13-18(12-16-10-11-20(29-16)17-4-2-3-5-19(17)23)21(26)25(24-13)15-8-6-14(7-9-15)22(27)28/h2-12,24H,1H2,(H,27,28)/b18-12-. The highest BCUT2D eigenvalue weighted by Crippen LogP contribution is 2.24. The third-order valence-corrected chi connectivity index (χ3v) is 4.43. The molecule has 0 amide bonds. The van der Waals surface area contributed by atoms with Crippen molar-refractivity contribution in [3.63, 3.8) is 0 Å². The molecule has 0 aliphatic heterocycles. The first-order chi connectivity index (χ1) is 13.9.